The van der Waals surface area contributed by atoms with E-state index in [0.29, 0.717) is 5.75 Å². The smallest absolute Gasteiger partial charge is 0.320 e. The molecule has 6 nitrogen and oxygen atoms in total. The fraction of sp³-hybridized carbons (Fsp3) is 0.438. The summed E-state index contributed by atoms with van der Waals surface area (Å²) in [5.41, 5.74) is 0. The van der Waals surface area contributed by atoms with Crippen LogP contribution in [0.15, 0.2) is 29.2 Å². The second-order valence-electron chi connectivity index (χ2n) is 5.21. The van der Waals surface area contributed by atoms with Gasteiger partial charge in [0, 0.05) is 0 Å². The lowest BCUT2D eigenvalue weighted by Crippen LogP contribution is -2.43. The summed E-state index contributed by atoms with van der Waals surface area (Å²) in [6.07, 6.45) is 0. The van der Waals surface area contributed by atoms with E-state index in [2.05, 4.69) is 17.2 Å². The van der Waals surface area contributed by atoms with Crippen molar-refractivity contribution in [2.24, 2.45) is 5.92 Å². The molecule has 0 aliphatic heterocycles. The average molecular weight is 339 g/mol. The van der Waals surface area contributed by atoms with Gasteiger partial charge in [-0.05, 0) is 37.1 Å². The lowest BCUT2D eigenvalue weighted by Gasteiger charge is -2.17. The number of aliphatic carboxylic acids is 1. The van der Waals surface area contributed by atoms with Crippen LogP contribution in [-0.4, -0.2) is 38.0 Å². The molecule has 1 atom stereocenters. The van der Waals surface area contributed by atoms with Crippen LogP contribution in [0.25, 0.3) is 0 Å². The molecule has 0 spiro atoms. The Hall–Kier alpha value is -2.04. The van der Waals surface area contributed by atoms with Gasteiger partial charge in [-0.2, -0.15) is 0 Å². The number of hydrogen-bond donors (Lipinski definition) is 2. The number of benzene rings is 1. The van der Waals surface area contributed by atoms with Gasteiger partial charge in [-0.3, -0.25) is 10.1 Å². The third kappa shape index (κ3) is 5.93. The van der Waals surface area contributed by atoms with Gasteiger partial charge in [-0.25, -0.2) is 8.42 Å². The highest BCUT2D eigenvalue weighted by Crippen LogP contribution is 2.17. The molecule has 0 saturated carbocycles. The number of carbonyl (C=O) groups is 1. The van der Waals surface area contributed by atoms with Crippen molar-refractivity contribution in [1.82, 2.24) is 5.32 Å². The maximum absolute atomic E-state index is 12.2. The number of carboxylic acid groups (broad SMARTS) is 1. The van der Waals surface area contributed by atoms with Gasteiger partial charge in [-0.15, -0.1) is 5.92 Å². The maximum atomic E-state index is 12.2. The van der Waals surface area contributed by atoms with E-state index in [1.807, 2.05) is 0 Å². The number of hydrogen-bond acceptors (Lipinski definition) is 5. The summed E-state index contributed by atoms with van der Waals surface area (Å²) in [5.74, 6) is 4.21. The molecule has 0 bridgehead atoms. The molecule has 0 saturated heterocycles. The van der Waals surface area contributed by atoms with Crippen molar-refractivity contribution in [3.63, 3.8) is 0 Å². The lowest BCUT2D eigenvalue weighted by atomic mass is 10.1. The van der Waals surface area contributed by atoms with Gasteiger partial charge in [0.1, 0.15) is 24.3 Å². The van der Waals surface area contributed by atoms with E-state index in [-0.39, 0.29) is 17.4 Å². The SMILES string of the molecule is CC#CCOc1ccc(S(=O)(=O)CNC(C(=O)O)C(C)C)cc1. The highest BCUT2D eigenvalue weighted by atomic mass is 32.2. The second kappa shape index (κ2) is 8.56. The van der Waals surface area contributed by atoms with Crippen LogP contribution in [0.1, 0.15) is 20.8 Å². The van der Waals surface area contributed by atoms with Gasteiger partial charge in [0.25, 0.3) is 0 Å². The highest BCUT2D eigenvalue weighted by molar-refractivity contribution is 7.91. The van der Waals surface area contributed by atoms with Gasteiger partial charge in [0.2, 0.25) is 0 Å². The summed E-state index contributed by atoms with van der Waals surface area (Å²) < 4.78 is 29.8. The van der Waals surface area contributed by atoms with Crippen molar-refractivity contribution in [1.29, 1.82) is 0 Å². The van der Waals surface area contributed by atoms with Crippen LogP contribution in [0.3, 0.4) is 0 Å². The molecule has 7 heteroatoms. The topological polar surface area (TPSA) is 92.7 Å². The molecular weight excluding hydrogens is 318 g/mol. The predicted octanol–water partition coefficient (Wildman–Crippen LogP) is 1.52. The van der Waals surface area contributed by atoms with Crippen molar-refractivity contribution < 1.29 is 23.1 Å². The zero-order valence-electron chi connectivity index (χ0n) is 13.4. The van der Waals surface area contributed by atoms with E-state index >= 15 is 0 Å². The monoisotopic (exact) mass is 339 g/mol. The third-order valence-corrected chi connectivity index (χ3v) is 4.63. The Morgan fingerprint density at radius 1 is 1.30 bits per heavy atom. The minimum atomic E-state index is -3.62. The molecule has 1 unspecified atom stereocenters. The van der Waals surface area contributed by atoms with Crippen LogP contribution in [0.5, 0.6) is 5.75 Å². The number of rotatable bonds is 8. The quantitative estimate of drug-likeness (QED) is 0.698. The summed E-state index contributed by atoms with van der Waals surface area (Å²) >= 11 is 0. The van der Waals surface area contributed by atoms with E-state index in [9.17, 15) is 13.2 Å². The average Bonchev–Trinajstić information content (AvgIpc) is 2.47. The van der Waals surface area contributed by atoms with Crippen molar-refractivity contribution in [2.45, 2.75) is 31.7 Å². The van der Waals surface area contributed by atoms with Crippen molar-refractivity contribution in [3.8, 4) is 17.6 Å². The van der Waals surface area contributed by atoms with Crippen LogP contribution in [0, 0.1) is 17.8 Å². The fourth-order valence-corrected chi connectivity index (χ4v) is 2.94. The molecular formula is C16H21NO5S. The Bertz CT molecular complexity index is 683. The Morgan fingerprint density at radius 2 is 1.91 bits per heavy atom. The third-order valence-electron chi connectivity index (χ3n) is 3.10. The maximum Gasteiger partial charge on any atom is 0.320 e. The first-order chi connectivity index (χ1) is 10.8. The highest BCUT2D eigenvalue weighted by Gasteiger charge is 2.24. The van der Waals surface area contributed by atoms with Gasteiger partial charge < -0.3 is 9.84 Å². The predicted molar refractivity (Wildman–Crippen MR) is 86.8 cm³/mol. The Labute approximate surface area is 136 Å². The Morgan fingerprint density at radius 3 is 2.39 bits per heavy atom. The zero-order chi connectivity index (χ0) is 17.5. The largest absolute Gasteiger partial charge is 0.481 e. The van der Waals surface area contributed by atoms with Crippen molar-refractivity contribution >= 4 is 15.8 Å². The van der Waals surface area contributed by atoms with E-state index in [0.717, 1.165) is 0 Å². The fourth-order valence-electron chi connectivity index (χ4n) is 1.83. The summed E-state index contributed by atoms with van der Waals surface area (Å²) in [6.45, 7) is 5.36. The molecule has 0 fully saturated rings. The number of carboxylic acids is 1. The van der Waals surface area contributed by atoms with E-state index in [4.69, 9.17) is 9.84 Å². The van der Waals surface area contributed by atoms with Crippen molar-refractivity contribution in [3.05, 3.63) is 24.3 Å². The standard InChI is InChI=1S/C16H21NO5S/c1-4-5-10-22-13-6-8-14(9-7-13)23(20,21)11-17-15(12(2)3)16(18)19/h6-9,12,15,17H,10-11H2,1-3H3,(H,18,19). The molecule has 0 radical (unpaired) electrons. The minimum absolute atomic E-state index is 0.104. The molecule has 126 valence electrons. The first kappa shape index (κ1) is 19.0. The first-order valence-electron chi connectivity index (χ1n) is 7.09. The number of sulfone groups is 1. The molecule has 0 aliphatic rings. The molecule has 1 aromatic rings. The summed E-state index contributed by atoms with van der Waals surface area (Å²) in [6, 6.07) is 5.02. The minimum Gasteiger partial charge on any atom is -0.481 e. The van der Waals surface area contributed by atoms with Crippen LogP contribution in [-0.2, 0) is 14.6 Å². The van der Waals surface area contributed by atoms with E-state index < -0.39 is 27.7 Å². The number of nitrogens with one attached hydrogen (secondary N) is 1. The van der Waals surface area contributed by atoms with Crippen LogP contribution < -0.4 is 10.1 Å². The van der Waals surface area contributed by atoms with Gasteiger partial charge in [-0.1, -0.05) is 19.8 Å². The van der Waals surface area contributed by atoms with Gasteiger partial charge >= 0.3 is 5.97 Å². The first-order valence-corrected chi connectivity index (χ1v) is 8.74. The van der Waals surface area contributed by atoms with Crippen LogP contribution >= 0.6 is 0 Å². The Balaban J connectivity index is 2.75. The second-order valence-corrected chi connectivity index (χ2v) is 7.20. The lowest BCUT2D eigenvalue weighted by molar-refractivity contribution is -0.140. The van der Waals surface area contributed by atoms with Gasteiger partial charge in [0.05, 0.1) is 4.90 Å². The summed E-state index contributed by atoms with van der Waals surface area (Å²) in [5, 5.41) is 11.6. The normalized spacial score (nSPS) is 12.3. The van der Waals surface area contributed by atoms with E-state index in [1.54, 1.807) is 32.9 Å². The van der Waals surface area contributed by atoms with E-state index in [1.165, 1.54) is 12.1 Å². The Kier molecular flexibility index (Phi) is 7.07. The summed E-state index contributed by atoms with van der Waals surface area (Å²) in [7, 11) is -3.62. The molecule has 23 heavy (non-hydrogen) atoms. The molecule has 1 rings (SSSR count). The molecule has 2 N–H and O–H groups in total. The van der Waals surface area contributed by atoms with Crippen LogP contribution in [0.2, 0.25) is 0 Å². The molecule has 0 amide bonds. The van der Waals surface area contributed by atoms with Gasteiger partial charge in [0.15, 0.2) is 9.84 Å². The van der Waals surface area contributed by atoms with Crippen molar-refractivity contribution in [2.75, 3.05) is 12.5 Å². The molecule has 0 heterocycles. The molecule has 1 aromatic carbocycles. The molecule has 0 aromatic heterocycles. The molecule has 0 aliphatic carbocycles. The summed E-state index contributed by atoms with van der Waals surface area (Å²) in [4.78, 5) is 11.2. The zero-order valence-corrected chi connectivity index (χ0v) is 14.2. The van der Waals surface area contributed by atoms with Crippen LogP contribution in [0.4, 0.5) is 0 Å². The number of ether oxygens (including phenoxy) is 1.